The Hall–Kier alpha value is 0.137. The predicted molar refractivity (Wildman–Crippen MR) is 75.8 cm³/mol. The zero-order valence-electron chi connectivity index (χ0n) is 11.9. The first-order valence-corrected chi connectivity index (χ1v) is 10.1. The van der Waals surface area contributed by atoms with Gasteiger partial charge in [-0.25, -0.2) is 0 Å². The van der Waals surface area contributed by atoms with Crippen LogP contribution in [0.2, 0.25) is 18.1 Å². The van der Waals surface area contributed by atoms with Crippen LogP contribution in [0.4, 0.5) is 0 Å². The van der Waals surface area contributed by atoms with E-state index in [1.54, 1.807) is 0 Å². The van der Waals surface area contributed by atoms with Crippen molar-refractivity contribution in [3.05, 3.63) is 0 Å². The Labute approximate surface area is 108 Å². The molecule has 2 nitrogen and oxygen atoms in total. The zero-order chi connectivity index (χ0) is 12.7. The van der Waals surface area contributed by atoms with E-state index in [4.69, 9.17) is 4.43 Å². The number of hydrogen-bond donors (Lipinski definition) is 1. The highest BCUT2D eigenvalue weighted by Crippen LogP contribution is 2.28. The number of rotatable bonds is 5. The lowest BCUT2D eigenvalue weighted by Crippen LogP contribution is -2.44. The van der Waals surface area contributed by atoms with Gasteiger partial charge in [-0.15, -0.1) is 0 Å². The van der Waals surface area contributed by atoms with E-state index in [0.29, 0.717) is 0 Å². The van der Waals surface area contributed by atoms with E-state index in [1.807, 2.05) is 0 Å². The molecular weight excluding hydrogens is 228 g/mol. The van der Waals surface area contributed by atoms with Crippen molar-refractivity contribution >= 4 is 8.32 Å². The largest absolute Gasteiger partial charge is 0.411 e. The van der Waals surface area contributed by atoms with Gasteiger partial charge in [0.15, 0.2) is 8.32 Å². The van der Waals surface area contributed by atoms with Gasteiger partial charge in [0.05, 0.1) is 12.2 Å². The molecule has 102 valence electrons. The third kappa shape index (κ3) is 4.38. The van der Waals surface area contributed by atoms with Crippen molar-refractivity contribution in [1.82, 2.24) is 0 Å². The molecule has 0 radical (unpaired) electrons. The van der Waals surface area contributed by atoms with Crippen molar-refractivity contribution in [1.29, 1.82) is 0 Å². The molecule has 0 heterocycles. The maximum Gasteiger partial charge on any atom is 0.192 e. The van der Waals surface area contributed by atoms with Crippen molar-refractivity contribution in [3.63, 3.8) is 0 Å². The summed E-state index contributed by atoms with van der Waals surface area (Å²) < 4.78 is 6.46. The second kappa shape index (κ2) is 7.55. The molecule has 1 rings (SSSR count). The van der Waals surface area contributed by atoms with Gasteiger partial charge in [-0.05, 0) is 31.0 Å². The third-order valence-corrected chi connectivity index (χ3v) is 9.17. The number of hydrogen-bond acceptors (Lipinski definition) is 2. The summed E-state index contributed by atoms with van der Waals surface area (Å²) in [7, 11) is -1.55. The number of aliphatic hydroxyl groups excluding tert-OH is 1. The van der Waals surface area contributed by atoms with Crippen LogP contribution < -0.4 is 0 Å². The second-order valence-electron chi connectivity index (χ2n) is 5.46. The van der Waals surface area contributed by atoms with Crippen molar-refractivity contribution in [3.8, 4) is 0 Å². The summed E-state index contributed by atoms with van der Waals surface area (Å²) in [5, 5.41) is 10.2. The molecular formula is C14H30O2Si. The van der Waals surface area contributed by atoms with Crippen molar-refractivity contribution in [2.75, 3.05) is 0 Å². The number of aliphatic hydroxyl groups is 1. The van der Waals surface area contributed by atoms with Gasteiger partial charge < -0.3 is 9.53 Å². The van der Waals surface area contributed by atoms with Crippen LogP contribution in [-0.2, 0) is 4.43 Å². The summed E-state index contributed by atoms with van der Waals surface area (Å²) in [5.74, 6) is 0. The normalized spacial score (nSPS) is 27.5. The van der Waals surface area contributed by atoms with E-state index >= 15 is 0 Å². The Kier molecular flexibility index (Phi) is 6.74. The van der Waals surface area contributed by atoms with Gasteiger partial charge in [0.25, 0.3) is 0 Å². The summed E-state index contributed by atoms with van der Waals surface area (Å²) >= 11 is 0. The van der Waals surface area contributed by atoms with Crippen LogP contribution in [-0.4, -0.2) is 25.6 Å². The minimum absolute atomic E-state index is 0.127. The maximum absolute atomic E-state index is 10.2. The Morgan fingerprint density at radius 3 is 2.00 bits per heavy atom. The summed E-state index contributed by atoms with van der Waals surface area (Å²) in [6.45, 7) is 6.78. The molecule has 17 heavy (non-hydrogen) atoms. The molecule has 0 aromatic carbocycles. The highest BCUT2D eigenvalue weighted by molar-refractivity contribution is 6.73. The summed E-state index contributed by atoms with van der Waals surface area (Å²) in [4.78, 5) is 0. The molecule has 0 unspecified atom stereocenters. The molecule has 1 fully saturated rings. The van der Waals surface area contributed by atoms with Crippen molar-refractivity contribution in [2.45, 2.75) is 89.6 Å². The molecule has 0 aromatic rings. The fraction of sp³-hybridized carbons (Fsp3) is 1.00. The Balaban J connectivity index is 2.61. The lowest BCUT2D eigenvalue weighted by Gasteiger charge is -2.36. The average Bonchev–Trinajstić information content (AvgIpc) is 2.35. The Morgan fingerprint density at radius 2 is 1.47 bits per heavy atom. The monoisotopic (exact) mass is 258 g/mol. The van der Waals surface area contributed by atoms with E-state index in [-0.39, 0.29) is 12.2 Å². The van der Waals surface area contributed by atoms with Crippen LogP contribution in [0.15, 0.2) is 0 Å². The topological polar surface area (TPSA) is 29.5 Å². The highest BCUT2D eigenvalue weighted by atomic mass is 28.4. The van der Waals surface area contributed by atoms with Crippen LogP contribution in [0.25, 0.3) is 0 Å². The molecule has 0 aliphatic heterocycles. The Morgan fingerprint density at radius 1 is 0.941 bits per heavy atom. The SMILES string of the molecule is CC[Si](CC)(CC)O[C@@H]1CCCCCC[C@@H]1O. The highest BCUT2D eigenvalue weighted by Gasteiger charge is 2.34. The molecule has 1 aliphatic carbocycles. The molecule has 2 atom stereocenters. The molecule has 1 aliphatic rings. The molecule has 1 saturated carbocycles. The van der Waals surface area contributed by atoms with E-state index in [1.165, 1.54) is 43.8 Å². The maximum atomic E-state index is 10.2. The first-order chi connectivity index (χ1) is 8.17. The molecule has 0 bridgehead atoms. The van der Waals surface area contributed by atoms with E-state index in [9.17, 15) is 5.11 Å². The van der Waals surface area contributed by atoms with Crippen LogP contribution in [0, 0.1) is 0 Å². The minimum Gasteiger partial charge on any atom is -0.411 e. The van der Waals surface area contributed by atoms with Gasteiger partial charge in [0.2, 0.25) is 0 Å². The lowest BCUT2D eigenvalue weighted by molar-refractivity contribution is 0.0120. The molecule has 0 amide bonds. The van der Waals surface area contributed by atoms with Crippen molar-refractivity contribution < 1.29 is 9.53 Å². The molecule has 0 aromatic heterocycles. The molecule has 1 N–H and O–H groups in total. The Bertz CT molecular complexity index is 196. The minimum atomic E-state index is -1.55. The summed E-state index contributed by atoms with van der Waals surface area (Å²) in [5.41, 5.74) is 0. The smallest absolute Gasteiger partial charge is 0.192 e. The molecule has 0 spiro atoms. The van der Waals surface area contributed by atoms with Crippen LogP contribution >= 0.6 is 0 Å². The average molecular weight is 258 g/mol. The van der Waals surface area contributed by atoms with Gasteiger partial charge >= 0.3 is 0 Å². The van der Waals surface area contributed by atoms with Crippen LogP contribution in [0.5, 0.6) is 0 Å². The fourth-order valence-corrected chi connectivity index (χ4v) is 5.81. The molecule has 3 heteroatoms. The molecule has 0 saturated heterocycles. The van der Waals surface area contributed by atoms with Gasteiger partial charge in [-0.1, -0.05) is 46.5 Å². The van der Waals surface area contributed by atoms with Crippen LogP contribution in [0.1, 0.15) is 59.3 Å². The third-order valence-electron chi connectivity index (χ3n) is 4.50. The van der Waals surface area contributed by atoms with E-state index in [0.717, 1.165) is 12.8 Å². The van der Waals surface area contributed by atoms with Crippen LogP contribution in [0.3, 0.4) is 0 Å². The van der Waals surface area contributed by atoms with Gasteiger partial charge in [0, 0.05) is 0 Å². The quantitative estimate of drug-likeness (QED) is 0.753. The van der Waals surface area contributed by atoms with E-state index in [2.05, 4.69) is 20.8 Å². The zero-order valence-corrected chi connectivity index (χ0v) is 12.9. The second-order valence-corrected chi connectivity index (χ2v) is 10.2. The predicted octanol–water partition coefficient (Wildman–Crippen LogP) is 4.09. The lowest BCUT2D eigenvalue weighted by atomic mass is 9.96. The first-order valence-electron chi connectivity index (χ1n) is 7.53. The van der Waals surface area contributed by atoms with Gasteiger partial charge in [-0.2, -0.15) is 0 Å². The van der Waals surface area contributed by atoms with Crippen molar-refractivity contribution in [2.24, 2.45) is 0 Å². The first kappa shape index (κ1) is 15.2. The van der Waals surface area contributed by atoms with E-state index < -0.39 is 8.32 Å². The summed E-state index contributed by atoms with van der Waals surface area (Å²) in [6, 6.07) is 3.55. The van der Waals surface area contributed by atoms with Gasteiger partial charge in [-0.3, -0.25) is 0 Å². The summed E-state index contributed by atoms with van der Waals surface area (Å²) in [6.07, 6.45) is 6.90. The fourth-order valence-electron chi connectivity index (χ4n) is 2.89. The van der Waals surface area contributed by atoms with Gasteiger partial charge in [0.1, 0.15) is 0 Å². The standard InChI is InChI=1S/C14H30O2Si/c1-4-17(5-2,6-3)16-14-12-10-8-7-9-11-13(14)15/h13-15H,4-12H2,1-3H3/t13-,14+/m0/s1.